The van der Waals surface area contributed by atoms with Gasteiger partial charge in [0.1, 0.15) is 0 Å². The van der Waals surface area contributed by atoms with Gasteiger partial charge in [0, 0.05) is 0 Å². The average molecular weight is 167 g/mol. The van der Waals surface area contributed by atoms with Crippen molar-refractivity contribution < 1.29 is 20.0 Å². The second kappa shape index (κ2) is 3.22. The van der Waals surface area contributed by atoms with Crippen LogP contribution < -0.4 is 0 Å². The van der Waals surface area contributed by atoms with Gasteiger partial charge >= 0.3 is 72.2 Å². The van der Waals surface area contributed by atoms with Crippen LogP contribution in [0.5, 0.6) is 0 Å². The Bertz CT molecular complexity index is 255. The minimum absolute atomic E-state index is 1.10. The van der Waals surface area contributed by atoms with E-state index in [0.717, 1.165) is 5.69 Å². The SMILES string of the molecule is Cc1cnc(C)c([CH]=[Ti])c1. The Hall–Kier alpha value is -0.266. The van der Waals surface area contributed by atoms with E-state index in [9.17, 15) is 0 Å². The quantitative estimate of drug-likeness (QED) is 0.576. The van der Waals surface area contributed by atoms with Gasteiger partial charge in [0.2, 0.25) is 0 Å². The molecule has 1 aromatic heterocycles. The van der Waals surface area contributed by atoms with Crippen LogP contribution in [0.2, 0.25) is 0 Å². The van der Waals surface area contributed by atoms with Gasteiger partial charge in [0.25, 0.3) is 0 Å². The molecule has 1 aromatic rings. The maximum absolute atomic E-state index is 4.22. The molecule has 0 unspecified atom stereocenters. The van der Waals surface area contributed by atoms with Crippen LogP contribution in [0.1, 0.15) is 16.8 Å². The first kappa shape index (κ1) is 7.84. The van der Waals surface area contributed by atoms with Gasteiger partial charge in [-0.1, -0.05) is 0 Å². The van der Waals surface area contributed by atoms with E-state index in [1.807, 2.05) is 33.1 Å². The van der Waals surface area contributed by atoms with Gasteiger partial charge in [-0.2, -0.15) is 0 Å². The van der Waals surface area contributed by atoms with E-state index in [1.165, 1.54) is 11.1 Å². The van der Waals surface area contributed by atoms with Crippen molar-refractivity contribution in [3.63, 3.8) is 0 Å². The first-order valence-electron chi connectivity index (χ1n) is 3.18. The Kier molecular flexibility index (Phi) is 2.53. The predicted molar refractivity (Wildman–Crippen MR) is 38.9 cm³/mol. The van der Waals surface area contributed by atoms with Crippen LogP contribution in [-0.4, -0.2) is 9.30 Å². The molecule has 0 aromatic carbocycles. The van der Waals surface area contributed by atoms with Crippen molar-refractivity contribution in [2.24, 2.45) is 0 Å². The molecular formula is C8H9NTi. The Balaban J connectivity index is 3.21. The van der Waals surface area contributed by atoms with Gasteiger partial charge in [-0.3, -0.25) is 0 Å². The normalized spacial score (nSPS) is 9.30. The first-order valence-corrected chi connectivity index (χ1v) is 4.08. The van der Waals surface area contributed by atoms with Crippen molar-refractivity contribution in [2.75, 3.05) is 0 Å². The molecular weight excluding hydrogens is 158 g/mol. The Morgan fingerprint density at radius 1 is 1.50 bits per heavy atom. The zero-order valence-electron chi connectivity index (χ0n) is 6.18. The topological polar surface area (TPSA) is 12.9 Å². The summed E-state index contributed by atoms with van der Waals surface area (Å²) in [4.78, 5) is 4.22. The molecule has 1 heterocycles. The van der Waals surface area contributed by atoms with Crippen LogP contribution >= 0.6 is 0 Å². The summed E-state index contributed by atoms with van der Waals surface area (Å²) in [6, 6.07) is 2.14. The van der Waals surface area contributed by atoms with E-state index in [0.29, 0.717) is 0 Å². The Morgan fingerprint density at radius 3 is 2.70 bits per heavy atom. The molecule has 0 saturated carbocycles. The standard InChI is InChI=1S/C8H9N.Ti/c1-6-4-7(2)8(3)9-5-6;/h2,4-5H,1,3H3;. The number of aryl methyl sites for hydroxylation is 2. The molecule has 1 rings (SSSR count). The summed E-state index contributed by atoms with van der Waals surface area (Å²) < 4.78 is 2.08. The molecule has 0 saturated heterocycles. The average Bonchev–Trinajstić information content (AvgIpc) is 1.94. The van der Waals surface area contributed by atoms with Gasteiger partial charge in [-0.25, -0.2) is 0 Å². The molecule has 0 aliphatic rings. The fourth-order valence-corrected chi connectivity index (χ4v) is 1.26. The molecule has 10 heavy (non-hydrogen) atoms. The van der Waals surface area contributed by atoms with E-state index in [-0.39, 0.29) is 0 Å². The van der Waals surface area contributed by atoms with Crippen LogP contribution in [0.3, 0.4) is 0 Å². The van der Waals surface area contributed by atoms with Crippen molar-refractivity contribution >= 4 is 4.31 Å². The summed E-state index contributed by atoms with van der Waals surface area (Å²) in [7, 11) is 0. The molecule has 0 fully saturated rings. The first-order chi connectivity index (χ1) is 4.74. The molecule has 0 aliphatic heterocycles. The van der Waals surface area contributed by atoms with E-state index in [1.54, 1.807) is 0 Å². The minimum atomic E-state index is 1.10. The number of nitrogens with zero attached hydrogens (tertiary/aromatic N) is 1. The van der Waals surface area contributed by atoms with Crippen molar-refractivity contribution in [3.05, 3.63) is 29.1 Å². The van der Waals surface area contributed by atoms with E-state index in [4.69, 9.17) is 0 Å². The molecule has 0 atom stereocenters. The summed E-state index contributed by atoms with van der Waals surface area (Å²) in [5.74, 6) is 0. The third kappa shape index (κ3) is 1.62. The van der Waals surface area contributed by atoms with Crippen LogP contribution in [-0.2, 0) is 20.0 Å². The van der Waals surface area contributed by atoms with Crippen LogP contribution in [0.25, 0.3) is 0 Å². The molecule has 0 N–H and O–H groups in total. The summed E-state index contributed by atoms with van der Waals surface area (Å²) in [6.07, 6.45) is 1.89. The van der Waals surface area contributed by atoms with Gasteiger partial charge in [-0.05, 0) is 0 Å². The molecule has 50 valence electrons. The van der Waals surface area contributed by atoms with Crippen molar-refractivity contribution in [1.29, 1.82) is 0 Å². The van der Waals surface area contributed by atoms with Crippen molar-refractivity contribution in [1.82, 2.24) is 4.98 Å². The fourth-order valence-electron chi connectivity index (χ4n) is 0.806. The zero-order chi connectivity index (χ0) is 7.56. The van der Waals surface area contributed by atoms with Crippen LogP contribution in [0, 0.1) is 13.8 Å². The molecule has 2 heteroatoms. The second-order valence-corrected chi connectivity index (χ2v) is 2.78. The molecule has 0 radical (unpaired) electrons. The molecule has 0 amide bonds. The molecule has 0 bridgehead atoms. The third-order valence-electron chi connectivity index (χ3n) is 1.42. The van der Waals surface area contributed by atoms with Crippen molar-refractivity contribution in [2.45, 2.75) is 13.8 Å². The second-order valence-electron chi connectivity index (χ2n) is 2.33. The molecule has 1 nitrogen and oxygen atoms in total. The number of pyridine rings is 1. The fraction of sp³-hybridized carbons (Fsp3) is 0.250. The zero-order valence-corrected chi connectivity index (χ0v) is 7.74. The molecule has 0 aliphatic carbocycles. The van der Waals surface area contributed by atoms with Gasteiger partial charge in [0.15, 0.2) is 0 Å². The van der Waals surface area contributed by atoms with Crippen LogP contribution in [0.15, 0.2) is 12.3 Å². The van der Waals surface area contributed by atoms with Crippen molar-refractivity contribution in [3.8, 4) is 0 Å². The van der Waals surface area contributed by atoms with Gasteiger partial charge in [0.05, 0.1) is 0 Å². The van der Waals surface area contributed by atoms with E-state index < -0.39 is 0 Å². The summed E-state index contributed by atoms with van der Waals surface area (Å²) in [5.41, 5.74) is 3.56. The molecule has 0 spiro atoms. The number of hydrogen-bond acceptors (Lipinski definition) is 1. The number of rotatable bonds is 1. The number of hydrogen-bond donors (Lipinski definition) is 0. The third-order valence-corrected chi connectivity index (χ3v) is 1.90. The van der Waals surface area contributed by atoms with Crippen LogP contribution in [0.4, 0.5) is 0 Å². The van der Waals surface area contributed by atoms with Gasteiger partial charge < -0.3 is 0 Å². The van der Waals surface area contributed by atoms with E-state index in [2.05, 4.69) is 22.3 Å². The maximum atomic E-state index is 4.22. The summed E-state index contributed by atoms with van der Waals surface area (Å²) in [6.45, 7) is 4.08. The Morgan fingerprint density at radius 2 is 2.20 bits per heavy atom. The summed E-state index contributed by atoms with van der Waals surface area (Å²) >= 11 is 2.03. The van der Waals surface area contributed by atoms with E-state index >= 15 is 0 Å². The predicted octanol–water partition coefficient (Wildman–Crippen LogP) is 1.40. The monoisotopic (exact) mass is 167 g/mol. The van der Waals surface area contributed by atoms with Gasteiger partial charge in [-0.15, -0.1) is 0 Å². The Labute approximate surface area is 72.4 Å². The number of aromatic nitrogens is 1. The summed E-state index contributed by atoms with van der Waals surface area (Å²) in [5, 5.41) is 0.